The van der Waals surface area contributed by atoms with Crippen molar-refractivity contribution in [2.45, 2.75) is 50.9 Å². The van der Waals surface area contributed by atoms with E-state index in [-0.39, 0.29) is 0 Å². The number of hydrogen-bond acceptors (Lipinski definition) is 2. The van der Waals surface area contributed by atoms with E-state index in [2.05, 4.69) is 45.4 Å². The van der Waals surface area contributed by atoms with Gasteiger partial charge in [0.25, 0.3) is 0 Å². The molecule has 1 aliphatic carbocycles. The van der Waals surface area contributed by atoms with Crippen LogP contribution in [0.25, 0.3) is 0 Å². The Morgan fingerprint density at radius 2 is 2.21 bits per heavy atom. The molecule has 1 aliphatic heterocycles. The number of aromatic nitrogens is 2. The number of benzene rings is 1. The Morgan fingerprint density at radius 1 is 1.33 bits per heavy atom. The normalized spacial score (nSPS) is 23.3. The van der Waals surface area contributed by atoms with E-state index in [1.165, 1.54) is 11.1 Å². The average Bonchev–Trinajstić information content (AvgIpc) is 3.22. The molecule has 4 heteroatoms. The number of H-pyrrole nitrogens is 1. The van der Waals surface area contributed by atoms with E-state index in [0.717, 1.165) is 50.2 Å². The van der Waals surface area contributed by atoms with Gasteiger partial charge < -0.3 is 4.90 Å². The molecule has 2 aliphatic rings. The number of likely N-dealkylation sites (tertiary alicyclic amines) is 1. The van der Waals surface area contributed by atoms with Gasteiger partial charge >= 0.3 is 0 Å². The standard InChI is InChI=1S/C20H25N3O/c1-14-11-19(22-21-14)17-6-4-10-23(13-17)20(24)12-16-9-8-15-5-2-3-7-18(15)16/h2-3,5,7,11,16-17H,4,6,8-10,12-13H2,1H3,(H,21,22)/t16-,17-/m0/s1. The number of carbonyl (C=O) groups excluding carboxylic acids is 1. The minimum absolute atomic E-state index is 0.314. The van der Waals surface area contributed by atoms with Crippen LogP contribution in [0.3, 0.4) is 0 Å². The molecular formula is C20H25N3O. The van der Waals surface area contributed by atoms with Gasteiger partial charge in [0.1, 0.15) is 0 Å². The summed E-state index contributed by atoms with van der Waals surface area (Å²) in [5, 5.41) is 7.43. The largest absolute Gasteiger partial charge is 0.342 e. The fraction of sp³-hybridized carbons (Fsp3) is 0.500. The van der Waals surface area contributed by atoms with Crippen molar-refractivity contribution in [3.63, 3.8) is 0 Å². The second kappa shape index (κ2) is 6.42. The number of nitrogens with zero attached hydrogens (tertiary/aromatic N) is 2. The molecule has 0 saturated carbocycles. The highest BCUT2D eigenvalue weighted by atomic mass is 16.2. The van der Waals surface area contributed by atoms with Crippen LogP contribution in [0.2, 0.25) is 0 Å². The summed E-state index contributed by atoms with van der Waals surface area (Å²) >= 11 is 0. The zero-order valence-corrected chi connectivity index (χ0v) is 14.3. The summed E-state index contributed by atoms with van der Waals surface area (Å²) < 4.78 is 0. The predicted octanol–water partition coefficient (Wildman–Crippen LogP) is 3.54. The lowest BCUT2D eigenvalue weighted by Gasteiger charge is -2.32. The maximum Gasteiger partial charge on any atom is 0.223 e. The number of nitrogens with one attached hydrogen (secondary N) is 1. The van der Waals surface area contributed by atoms with E-state index in [0.29, 0.717) is 24.2 Å². The van der Waals surface area contributed by atoms with E-state index in [4.69, 9.17) is 0 Å². The minimum Gasteiger partial charge on any atom is -0.342 e. The van der Waals surface area contributed by atoms with Gasteiger partial charge in [0.2, 0.25) is 5.91 Å². The Balaban J connectivity index is 1.41. The molecule has 1 saturated heterocycles. The van der Waals surface area contributed by atoms with Gasteiger partial charge in [-0.3, -0.25) is 9.89 Å². The smallest absolute Gasteiger partial charge is 0.223 e. The van der Waals surface area contributed by atoms with Crippen LogP contribution in [0.5, 0.6) is 0 Å². The Bertz CT molecular complexity index is 736. The quantitative estimate of drug-likeness (QED) is 0.939. The second-order valence-electron chi connectivity index (χ2n) is 7.29. The molecule has 0 unspecified atom stereocenters. The van der Waals surface area contributed by atoms with E-state index < -0.39 is 0 Å². The van der Waals surface area contributed by atoms with Crippen LogP contribution in [0.1, 0.15) is 60.0 Å². The van der Waals surface area contributed by atoms with E-state index in [9.17, 15) is 4.79 Å². The van der Waals surface area contributed by atoms with Gasteiger partial charge in [0, 0.05) is 31.1 Å². The predicted molar refractivity (Wildman–Crippen MR) is 94.0 cm³/mol. The summed E-state index contributed by atoms with van der Waals surface area (Å²) in [5.41, 5.74) is 5.02. The summed E-state index contributed by atoms with van der Waals surface area (Å²) in [6.45, 7) is 3.74. The van der Waals surface area contributed by atoms with Crippen molar-refractivity contribution in [1.29, 1.82) is 0 Å². The number of fused-ring (bicyclic) bond motifs is 1. The monoisotopic (exact) mass is 323 g/mol. The summed E-state index contributed by atoms with van der Waals surface area (Å²) in [6, 6.07) is 10.7. The fourth-order valence-electron chi connectivity index (χ4n) is 4.29. The number of rotatable bonds is 3. The van der Waals surface area contributed by atoms with Gasteiger partial charge in [-0.2, -0.15) is 5.10 Å². The van der Waals surface area contributed by atoms with E-state index in [1.54, 1.807) is 0 Å². The number of hydrogen-bond donors (Lipinski definition) is 1. The van der Waals surface area contributed by atoms with Crippen molar-refractivity contribution in [3.05, 3.63) is 52.8 Å². The zero-order valence-electron chi connectivity index (χ0n) is 14.3. The molecule has 24 heavy (non-hydrogen) atoms. The summed E-state index contributed by atoms with van der Waals surface area (Å²) in [5.74, 6) is 1.10. The molecule has 0 bridgehead atoms. The van der Waals surface area contributed by atoms with Crippen molar-refractivity contribution >= 4 is 5.91 Å². The molecule has 1 fully saturated rings. The molecule has 1 aromatic carbocycles. The van der Waals surface area contributed by atoms with Crippen LogP contribution in [0, 0.1) is 6.92 Å². The third-order valence-electron chi connectivity index (χ3n) is 5.60. The van der Waals surface area contributed by atoms with Crippen LogP contribution in [0.15, 0.2) is 30.3 Å². The molecular weight excluding hydrogens is 298 g/mol. The molecule has 1 aromatic heterocycles. The van der Waals surface area contributed by atoms with Gasteiger partial charge in [-0.05, 0) is 55.7 Å². The number of aromatic amines is 1. The third-order valence-corrected chi connectivity index (χ3v) is 5.60. The van der Waals surface area contributed by atoms with Gasteiger partial charge in [0.15, 0.2) is 0 Å². The molecule has 0 radical (unpaired) electrons. The number of amides is 1. The lowest BCUT2D eigenvalue weighted by molar-refractivity contribution is -0.132. The highest BCUT2D eigenvalue weighted by Crippen LogP contribution is 2.36. The molecule has 1 N–H and O–H groups in total. The van der Waals surface area contributed by atoms with Crippen LogP contribution < -0.4 is 0 Å². The molecule has 0 spiro atoms. The minimum atomic E-state index is 0.314. The Labute approximate surface area is 143 Å². The van der Waals surface area contributed by atoms with E-state index >= 15 is 0 Å². The maximum atomic E-state index is 12.8. The van der Waals surface area contributed by atoms with Gasteiger partial charge in [-0.15, -0.1) is 0 Å². The van der Waals surface area contributed by atoms with Gasteiger partial charge in [-0.1, -0.05) is 24.3 Å². The second-order valence-corrected chi connectivity index (χ2v) is 7.29. The summed E-state index contributed by atoms with van der Waals surface area (Å²) in [6.07, 6.45) is 5.08. The first-order valence-electron chi connectivity index (χ1n) is 9.08. The van der Waals surface area contributed by atoms with Crippen molar-refractivity contribution < 1.29 is 4.79 Å². The van der Waals surface area contributed by atoms with Crippen molar-refractivity contribution in [1.82, 2.24) is 15.1 Å². The topological polar surface area (TPSA) is 49.0 Å². The maximum absolute atomic E-state index is 12.8. The first kappa shape index (κ1) is 15.4. The first-order chi connectivity index (χ1) is 11.7. The van der Waals surface area contributed by atoms with Gasteiger partial charge in [0.05, 0.1) is 5.69 Å². The Morgan fingerprint density at radius 3 is 3.04 bits per heavy atom. The Hall–Kier alpha value is -2.10. The lowest BCUT2D eigenvalue weighted by Crippen LogP contribution is -2.39. The highest BCUT2D eigenvalue weighted by molar-refractivity contribution is 5.77. The Kier molecular flexibility index (Phi) is 4.13. The van der Waals surface area contributed by atoms with Crippen molar-refractivity contribution in [2.24, 2.45) is 0 Å². The molecule has 2 heterocycles. The lowest BCUT2D eigenvalue weighted by atomic mass is 9.92. The van der Waals surface area contributed by atoms with Gasteiger partial charge in [-0.25, -0.2) is 0 Å². The van der Waals surface area contributed by atoms with Crippen LogP contribution >= 0.6 is 0 Å². The SMILES string of the molecule is Cc1cc([C@H]2CCCN(C(=O)C[C@@H]3CCc4ccccc43)C2)n[nH]1. The fourth-order valence-corrected chi connectivity index (χ4v) is 4.29. The third kappa shape index (κ3) is 2.97. The van der Waals surface area contributed by atoms with Crippen LogP contribution in [-0.2, 0) is 11.2 Å². The van der Waals surface area contributed by atoms with Crippen LogP contribution in [0.4, 0.5) is 0 Å². The molecule has 126 valence electrons. The molecule has 1 amide bonds. The molecule has 2 aromatic rings. The molecule has 4 nitrogen and oxygen atoms in total. The van der Waals surface area contributed by atoms with Crippen LogP contribution in [-0.4, -0.2) is 34.1 Å². The molecule has 2 atom stereocenters. The number of aryl methyl sites for hydroxylation is 2. The highest BCUT2D eigenvalue weighted by Gasteiger charge is 2.30. The molecule has 4 rings (SSSR count). The first-order valence-corrected chi connectivity index (χ1v) is 9.08. The summed E-state index contributed by atoms with van der Waals surface area (Å²) in [4.78, 5) is 14.9. The average molecular weight is 323 g/mol. The van der Waals surface area contributed by atoms with E-state index in [1.807, 2.05) is 6.92 Å². The van der Waals surface area contributed by atoms with Crippen molar-refractivity contribution in [2.75, 3.05) is 13.1 Å². The number of carbonyl (C=O) groups is 1. The number of piperidine rings is 1. The zero-order chi connectivity index (χ0) is 16.5. The van der Waals surface area contributed by atoms with Crippen molar-refractivity contribution in [3.8, 4) is 0 Å². The summed E-state index contributed by atoms with van der Waals surface area (Å²) in [7, 11) is 0.